The summed E-state index contributed by atoms with van der Waals surface area (Å²) < 4.78 is 2.33. The van der Waals surface area contributed by atoms with Crippen LogP contribution in [-0.2, 0) is 13.0 Å². The maximum Gasteiger partial charge on any atom is 0.185 e. The van der Waals surface area contributed by atoms with E-state index in [9.17, 15) is 0 Å². The largest absolute Gasteiger partial charge is 0.348 e. The molecule has 1 N–H and O–H groups in total. The number of nitrogens with one attached hydrogen (secondary N) is 1. The first-order chi connectivity index (χ1) is 10.8. The van der Waals surface area contributed by atoms with Gasteiger partial charge in [0.05, 0.1) is 5.69 Å². The van der Waals surface area contributed by atoms with E-state index in [0.29, 0.717) is 12.1 Å². The van der Waals surface area contributed by atoms with Gasteiger partial charge in [-0.3, -0.25) is 0 Å². The van der Waals surface area contributed by atoms with Gasteiger partial charge < -0.3 is 14.8 Å². The number of piperidine rings is 1. The van der Waals surface area contributed by atoms with Gasteiger partial charge in [0.25, 0.3) is 0 Å². The molecular formula is C16H23N5S. The molecule has 1 atom stereocenters. The molecule has 2 aliphatic heterocycles. The summed E-state index contributed by atoms with van der Waals surface area (Å²) in [5, 5.41) is 7.12. The molecule has 2 aromatic rings. The van der Waals surface area contributed by atoms with Gasteiger partial charge in [0.2, 0.25) is 0 Å². The van der Waals surface area contributed by atoms with E-state index in [-0.39, 0.29) is 0 Å². The second-order valence-corrected chi connectivity index (χ2v) is 7.30. The maximum absolute atomic E-state index is 4.59. The number of thiazole rings is 1. The Labute approximate surface area is 135 Å². The Bertz CT molecular complexity index is 613. The quantitative estimate of drug-likeness (QED) is 0.943. The summed E-state index contributed by atoms with van der Waals surface area (Å²) in [7, 11) is 0. The second kappa shape index (κ2) is 6.01. The number of hydrogen-bond acceptors (Lipinski definition) is 5. The van der Waals surface area contributed by atoms with Crippen molar-refractivity contribution in [1.82, 2.24) is 19.9 Å². The number of imidazole rings is 1. The molecule has 0 aliphatic carbocycles. The Kier molecular flexibility index (Phi) is 3.88. The van der Waals surface area contributed by atoms with Crippen molar-refractivity contribution >= 4 is 16.5 Å². The Morgan fingerprint density at radius 3 is 2.86 bits per heavy atom. The summed E-state index contributed by atoms with van der Waals surface area (Å²) in [6.45, 7) is 5.39. The van der Waals surface area contributed by atoms with E-state index >= 15 is 0 Å². The third-order valence-electron chi connectivity index (χ3n) is 4.77. The fraction of sp³-hybridized carbons (Fsp3) is 0.625. The summed E-state index contributed by atoms with van der Waals surface area (Å²) in [5.41, 5.74) is 1.15. The Balaban J connectivity index is 1.30. The van der Waals surface area contributed by atoms with Gasteiger partial charge in [0, 0.05) is 55.9 Å². The van der Waals surface area contributed by atoms with Crippen LogP contribution in [0, 0.1) is 6.92 Å². The molecule has 4 rings (SSSR count). The lowest BCUT2D eigenvalue weighted by Gasteiger charge is -2.35. The molecule has 0 bridgehead atoms. The predicted octanol–water partition coefficient (Wildman–Crippen LogP) is 2.22. The summed E-state index contributed by atoms with van der Waals surface area (Å²) in [6.07, 6.45) is 8.83. The van der Waals surface area contributed by atoms with E-state index in [1.807, 2.05) is 6.20 Å². The van der Waals surface area contributed by atoms with Crippen LogP contribution in [0.5, 0.6) is 0 Å². The Morgan fingerprint density at radius 2 is 2.09 bits per heavy atom. The van der Waals surface area contributed by atoms with E-state index in [0.717, 1.165) is 31.7 Å². The molecule has 22 heavy (non-hydrogen) atoms. The van der Waals surface area contributed by atoms with E-state index < -0.39 is 0 Å². The molecule has 1 fully saturated rings. The maximum atomic E-state index is 4.59. The number of aromatic nitrogens is 3. The Morgan fingerprint density at radius 1 is 1.23 bits per heavy atom. The van der Waals surface area contributed by atoms with Crippen LogP contribution >= 0.6 is 11.3 Å². The summed E-state index contributed by atoms with van der Waals surface area (Å²) in [4.78, 5) is 11.4. The molecule has 0 unspecified atom stereocenters. The molecule has 0 amide bonds. The number of nitrogens with zero attached hydrogens (tertiary/aromatic N) is 4. The van der Waals surface area contributed by atoms with Crippen molar-refractivity contribution in [2.75, 3.05) is 18.0 Å². The lowest BCUT2D eigenvalue weighted by molar-refractivity contribution is 0.310. The number of aryl methyl sites for hydroxylation is 2. The van der Waals surface area contributed by atoms with Gasteiger partial charge in [-0.15, -0.1) is 11.3 Å². The first kappa shape index (κ1) is 14.2. The van der Waals surface area contributed by atoms with Gasteiger partial charge in [-0.1, -0.05) is 0 Å². The monoisotopic (exact) mass is 317 g/mol. The molecule has 4 heterocycles. The predicted molar refractivity (Wildman–Crippen MR) is 89.6 cm³/mol. The highest BCUT2D eigenvalue weighted by Crippen LogP contribution is 2.23. The van der Waals surface area contributed by atoms with Gasteiger partial charge in [-0.05, 0) is 26.2 Å². The van der Waals surface area contributed by atoms with Crippen LogP contribution in [-0.4, -0.2) is 39.7 Å². The van der Waals surface area contributed by atoms with Gasteiger partial charge >= 0.3 is 0 Å². The lowest BCUT2D eigenvalue weighted by atomic mass is 10.0. The first-order valence-electron chi connectivity index (χ1n) is 8.21. The molecule has 0 aromatic carbocycles. The standard InChI is InChI=1S/C16H23N5S/c1-12-10-21-11-14(2-3-15(21)18-12)19-13-4-7-20(8-5-13)16-17-6-9-22-16/h6,9-10,13-14,19H,2-5,7-8,11H2,1H3/t14-/m1/s1. The van der Waals surface area contributed by atoms with Crippen LogP contribution in [0.15, 0.2) is 17.8 Å². The van der Waals surface area contributed by atoms with Crippen molar-refractivity contribution < 1.29 is 0 Å². The van der Waals surface area contributed by atoms with E-state index in [1.165, 1.54) is 30.2 Å². The zero-order valence-electron chi connectivity index (χ0n) is 13.0. The SMILES string of the molecule is Cc1cn2c(n1)CC[C@@H](NC1CCN(c3nccs3)CC1)C2. The Hall–Kier alpha value is -1.40. The molecule has 0 saturated carbocycles. The van der Waals surface area contributed by atoms with Crippen molar-refractivity contribution in [2.45, 2.75) is 51.2 Å². The molecule has 1 saturated heterocycles. The van der Waals surface area contributed by atoms with Crippen molar-refractivity contribution in [1.29, 1.82) is 0 Å². The fourth-order valence-corrected chi connectivity index (χ4v) is 4.36. The third kappa shape index (κ3) is 2.90. The van der Waals surface area contributed by atoms with Gasteiger partial charge in [0.1, 0.15) is 5.82 Å². The van der Waals surface area contributed by atoms with Gasteiger partial charge in [-0.2, -0.15) is 0 Å². The minimum atomic E-state index is 0.595. The average molecular weight is 317 g/mol. The number of hydrogen-bond donors (Lipinski definition) is 1. The van der Waals surface area contributed by atoms with Crippen LogP contribution in [0.1, 0.15) is 30.8 Å². The number of fused-ring (bicyclic) bond motifs is 1. The fourth-order valence-electron chi connectivity index (χ4n) is 3.67. The van der Waals surface area contributed by atoms with Crippen molar-refractivity contribution in [2.24, 2.45) is 0 Å². The molecule has 5 nitrogen and oxygen atoms in total. The van der Waals surface area contributed by atoms with Crippen LogP contribution in [0.3, 0.4) is 0 Å². The normalized spacial score (nSPS) is 22.8. The van der Waals surface area contributed by atoms with Crippen LogP contribution in [0.4, 0.5) is 5.13 Å². The average Bonchev–Trinajstić information content (AvgIpc) is 3.16. The minimum absolute atomic E-state index is 0.595. The molecular weight excluding hydrogens is 294 g/mol. The van der Waals surface area contributed by atoms with E-state index in [4.69, 9.17) is 0 Å². The smallest absolute Gasteiger partial charge is 0.185 e. The lowest BCUT2D eigenvalue weighted by Crippen LogP contribution is -2.48. The molecule has 2 aliphatic rings. The van der Waals surface area contributed by atoms with Crippen LogP contribution in [0.25, 0.3) is 0 Å². The first-order valence-corrected chi connectivity index (χ1v) is 9.09. The molecule has 0 spiro atoms. The second-order valence-electron chi connectivity index (χ2n) is 6.43. The zero-order chi connectivity index (χ0) is 14.9. The van der Waals surface area contributed by atoms with Crippen LogP contribution < -0.4 is 10.2 Å². The van der Waals surface area contributed by atoms with Crippen molar-refractivity contribution in [3.8, 4) is 0 Å². The molecule has 0 radical (unpaired) electrons. The van der Waals surface area contributed by atoms with E-state index in [1.54, 1.807) is 11.3 Å². The number of rotatable bonds is 3. The van der Waals surface area contributed by atoms with Crippen LogP contribution in [0.2, 0.25) is 0 Å². The highest BCUT2D eigenvalue weighted by Gasteiger charge is 2.25. The summed E-state index contributed by atoms with van der Waals surface area (Å²) in [6, 6.07) is 1.24. The summed E-state index contributed by atoms with van der Waals surface area (Å²) in [5.74, 6) is 1.26. The van der Waals surface area contributed by atoms with Crippen molar-refractivity contribution in [3.05, 3.63) is 29.3 Å². The molecule has 118 valence electrons. The van der Waals surface area contributed by atoms with Crippen molar-refractivity contribution in [3.63, 3.8) is 0 Å². The highest BCUT2D eigenvalue weighted by molar-refractivity contribution is 7.13. The van der Waals surface area contributed by atoms with Gasteiger partial charge in [-0.25, -0.2) is 9.97 Å². The van der Waals surface area contributed by atoms with Gasteiger partial charge in [0.15, 0.2) is 5.13 Å². The van der Waals surface area contributed by atoms with E-state index in [2.05, 4.69) is 43.3 Å². The minimum Gasteiger partial charge on any atom is -0.348 e. The topological polar surface area (TPSA) is 46.0 Å². The highest BCUT2D eigenvalue weighted by atomic mass is 32.1. The zero-order valence-corrected chi connectivity index (χ0v) is 13.9. The number of anilines is 1. The summed E-state index contributed by atoms with van der Waals surface area (Å²) >= 11 is 1.75. The molecule has 2 aromatic heterocycles. The molecule has 6 heteroatoms. The third-order valence-corrected chi connectivity index (χ3v) is 5.60.